The molecule has 1 aliphatic carbocycles. The van der Waals surface area contributed by atoms with E-state index in [2.05, 4.69) is 125 Å². The average molecular weight is 471 g/mol. The standard InChI is InChI=1S/C31H19Br/c32-26-16-17-28-27-12-6-7-13-29(27)31(30(28)21-26,19-18-22-8-2-1-3-9-22)25-15-14-23-10-4-5-11-24(23)20-25/h1-17,20-21H. The van der Waals surface area contributed by atoms with Gasteiger partial charge in [-0.1, -0.05) is 113 Å². The second-order valence-corrected chi connectivity index (χ2v) is 9.08. The van der Waals surface area contributed by atoms with Crippen molar-refractivity contribution in [2.45, 2.75) is 5.41 Å². The van der Waals surface area contributed by atoms with Crippen LogP contribution < -0.4 is 0 Å². The van der Waals surface area contributed by atoms with Crippen molar-refractivity contribution in [2.24, 2.45) is 0 Å². The van der Waals surface area contributed by atoms with Gasteiger partial charge in [-0.25, -0.2) is 0 Å². The lowest BCUT2D eigenvalue weighted by atomic mass is 9.72. The second-order valence-electron chi connectivity index (χ2n) is 8.16. The van der Waals surface area contributed by atoms with Crippen molar-refractivity contribution in [3.63, 3.8) is 0 Å². The maximum Gasteiger partial charge on any atom is 0.108 e. The van der Waals surface area contributed by atoms with E-state index in [9.17, 15) is 0 Å². The zero-order chi connectivity index (χ0) is 21.5. The molecule has 0 radical (unpaired) electrons. The fourth-order valence-corrected chi connectivity index (χ4v) is 5.24. The molecule has 0 bridgehead atoms. The van der Waals surface area contributed by atoms with E-state index < -0.39 is 5.41 Å². The number of benzene rings is 5. The number of hydrogen-bond acceptors (Lipinski definition) is 0. The Labute approximate surface area is 196 Å². The van der Waals surface area contributed by atoms with Crippen LogP contribution in [0.4, 0.5) is 0 Å². The van der Waals surface area contributed by atoms with Gasteiger partial charge in [0.05, 0.1) is 0 Å². The molecule has 1 aliphatic rings. The first-order valence-corrected chi connectivity index (χ1v) is 11.5. The van der Waals surface area contributed by atoms with Gasteiger partial charge in [0.1, 0.15) is 5.41 Å². The minimum absolute atomic E-state index is 0.546. The third-order valence-corrected chi connectivity index (χ3v) is 6.85. The normalized spacial score (nSPS) is 16.2. The summed E-state index contributed by atoms with van der Waals surface area (Å²) in [6.45, 7) is 0. The summed E-state index contributed by atoms with van der Waals surface area (Å²) in [6, 6.07) is 40.8. The van der Waals surface area contributed by atoms with Gasteiger partial charge in [0.15, 0.2) is 0 Å². The van der Waals surface area contributed by atoms with Crippen molar-refractivity contribution in [1.29, 1.82) is 0 Å². The molecule has 6 rings (SSSR count). The molecule has 0 saturated heterocycles. The molecule has 1 unspecified atom stereocenters. The van der Waals surface area contributed by atoms with E-state index in [0.29, 0.717) is 0 Å². The molecule has 5 aromatic carbocycles. The molecule has 0 saturated carbocycles. The summed E-state index contributed by atoms with van der Waals surface area (Å²) in [5.74, 6) is 7.27. The van der Waals surface area contributed by atoms with Gasteiger partial charge in [0.25, 0.3) is 0 Å². The van der Waals surface area contributed by atoms with Crippen LogP contribution in [0.25, 0.3) is 21.9 Å². The summed E-state index contributed by atoms with van der Waals surface area (Å²) < 4.78 is 1.07. The Morgan fingerprint density at radius 1 is 0.562 bits per heavy atom. The summed E-state index contributed by atoms with van der Waals surface area (Å²) in [5.41, 5.74) is 6.65. The van der Waals surface area contributed by atoms with Gasteiger partial charge in [-0.3, -0.25) is 0 Å². The Morgan fingerprint density at radius 3 is 2.16 bits per heavy atom. The van der Waals surface area contributed by atoms with E-state index in [1.54, 1.807) is 0 Å². The first-order valence-electron chi connectivity index (χ1n) is 10.7. The minimum atomic E-state index is -0.546. The van der Waals surface area contributed by atoms with Crippen molar-refractivity contribution >= 4 is 26.7 Å². The molecular formula is C31H19Br. The predicted molar refractivity (Wildman–Crippen MR) is 137 cm³/mol. The van der Waals surface area contributed by atoms with Crippen molar-refractivity contribution in [2.75, 3.05) is 0 Å². The highest BCUT2D eigenvalue weighted by molar-refractivity contribution is 9.10. The van der Waals surface area contributed by atoms with Gasteiger partial charge in [0, 0.05) is 10.0 Å². The fourth-order valence-electron chi connectivity index (χ4n) is 4.88. The predicted octanol–water partition coefficient (Wildman–Crippen LogP) is 7.97. The van der Waals surface area contributed by atoms with E-state index in [1.807, 2.05) is 18.2 Å². The van der Waals surface area contributed by atoms with E-state index in [4.69, 9.17) is 0 Å². The number of rotatable bonds is 1. The monoisotopic (exact) mass is 470 g/mol. The maximum atomic E-state index is 3.76. The van der Waals surface area contributed by atoms with Crippen LogP contribution in [0.15, 0.2) is 120 Å². The van der Waals surface area contributed by atoms with Crippen LogP contribution in [0.1, 0.15) is 22.3 Å². The summed E-state index contributed by atoms with van der Waals surface area (Å²) >= 11 is 3.72. The Balaban J connectivity index is 1.72. The molecule has 32 heavy (non-hydrogen) atoms. The Morgan fingerprint density at radius 2 is 1.28 bits per heavy atom. The molecule has 0 aromatic heterocycles. The van der Waals surface area contributed by atoms with E-state index >= 15 is 0 Å². The molecule has 150 valence electrons. The summed E-state index contributed by atoms with van der Waals surface area (Å²) in [5, 5.41) is 2.47. The van der Waals surface area contributed by atoms with Crippen molar-refractivity contribution < 1.29 is 0 Å². The van der Waals surface area contributed by atoms with E-state index in [1.165, 1.54) is 38.6 Å². The third kappa shape index (κ3) is 2.92. The van der Waals surface area contributed by atoms with Crippen LogP contribution in [0.3, 0.4) is 0 Å². The maximum absolute atomic E-state index is 3.76. The molecule has 0 fully saturated rings. The van der Waals surface area contributed by atoms with E-state index in [-0.39, 0.29) is 0 Å². The average Bonchev–Trinajstić information content (AvgIpc) is 3.13. The van der Waals surface area contributed by atoms with E-state index in [0.717, 1.165) is 10.0 Å². The fraction of sp³-hybridized carbons (Fsp3) is 0.0323. The highest BCUT2D eigenvalue weighted by Gasteiger charge is 2.43. The molecule has 0 aliphatic heterocycles. The Bertz CT molecular complexity index is 1540. The highest BCUT2D eigenvalue weighted by atomic mass is 79.9. The lowest BCUT2D eigenvalue weighted by Crippen LogP contribution is -2.25. The molecule has 0 heterocycles. The van der Waals surface area contributed by atoms with Crippen molar-refractivity contribution in [3.8, 4) is 23.0 Å². The van der Waals surface area contributed by atoms with Crippen molar-refractivity contribution in [1.82, 2.24) is 0 Å². The second kappa shape index (κ2) is 7.52. The molecule has 1 heteroatoms. The van der Waals surface area contributed by atoms with Gasteiger partial charge in [-0.2, -0.15) is 0 Å². The molecule has 0 N–H and O–H groups in total. The number of hydrogen-bond donors (Lipinski definition) is 0. The summed E-state index contributed by atoms with van der Waals surface area (Å²) in [7, 11) is 0. The van der Waals surface area contributed by atoms with Crippen LogP contribution in [0.5, 0.6) is 0 Å². The molecular weight excluding hydrogens is 452 g/mol. The van der Waals surface area contributed by atoms with Crippen molar-refractivity contribution in [3.05, 3.63) is 142 Å². The Hall–Kier alpha value is -3.60. The number of fused-ring (bicyclic) bond motifs is 4. The quantitative estimate of drug-likeness (QED) is 0.218. The van der Waals surface area contributed by atoms with Gasteiger partial charge in [-0.05, 0) is 68.9 Å². The summed E-state index contributed by atoms with van der Waals surface area (Å²) in [4.78, 5) is 0. The molecule has 0 nitrogen and oxygen atoms in total. The lowest BCUT2D eigenvalue weighted by Gasteiger charge is -2.28. The molecule has 5 aromatic rings. The zero-order valence-electron chi connectivity index (χ0n) is 17.3. The van der Waals surface area contributed by atoms with Crippen LogP contribution >= 0.6 is 15.9 Å². The first-order chi connectivity index (χ1) is 15.8. The third-order valence-electron chi connectivity index (χ3n) is 6.36. The van der Waals surface area contributed by atoms with Crippen LogP contribution in [0, 0.1) is 11.8 Å². The zero-order valence-corrected chi connectivity index (χ0v) is 18.9. The van der Waals surface area contributed by atoms with Gasteiger partial charge < -0.3 is 0 Å². The van der Waals surface area contributed by atoms with Gasteiger partial charge in [0.2, 0.25) is 0 Å². The molecule has 0 spiro atoms. The molecule has 1 atom stereocenters. The van der Waals surface area contributed by atoms with Crippen LogP contribution in [-0.2, 0) is 5.41 Å². The largest absolute Gasteiger partial charge is 0.108 e. The Kier molecular flexibility index (Phi) is 4.49. The molecule has 0 amide bonds. The van der Waals surface area contributed by atoms with Crippen LogP contribution in [-0.4, -0.2) is 0 Å². The SMILES string of the molecule is Brc1ccc2c(c1)C(C#Cc1ccccc1)(c1ccc3ccccc3c1)c1ccccc1-2. The van der Waals surface area contributed by atoms with Gasteiger partial charge in [-0.15, -0.1) is 0 Å². The minimum Gasteiger partial charge on any atom is -0.0764 e. The van der Waals surface area contributed by atoms with Gasteiger partial charge >= 0.3 is 0 Å². The lowest BCUT2D eigenvalue weighted by molar-refractivity contribution is 0.838. The van der Waals surface area contributed by atoms with Crippen LogP contribution in [0.2, 0.25) is 0 Å². The highest BCUT2D eigenvalue weighted by Crippen LogP contribution is 2.53. The number of halogens is 1. The smallest absolute Gasteiger partial charge is 0.0764 e. The topological polar surface area (TPSA) is 0 Å². The first kappa shape index (κ1) is 19.1. The summed E-state index contributed by atoms with van der Waals surface area (Å²) in [6.07, 6.45) is 0.